The molecule has 0 saturated carbocycles. The summed E-state index contributed by atoms with van der Waals surface area (Å²) in [6, 6.07) is 17.9. The summed E-state index contributed by atoms with van der Waals surface area (Å²) in [5, 5.41) is 9.23. The van der Waals surface area contributed by atoms with Gasteiger partial charge in [-0.2, -0.15) is 8.78 Å². The van der Waals surface area contributed by atoms with Crippen LogP contribution in [0.4, 0.5) is 8.78 Å². The Morgan fingerprint density at radius 2 is 1.36 bits per heavy atom. The molecule has 1 N–H and O–H groups in total. The van der Waals surface area contributed by atoms with E-state index < -0.39 is 6.11 Å². The van der Waals surface area contributed by atoms with Crippen LogP contribution in [0.2, 0.25) is 0 Å². The number of aliphatic hydroxyl groups excluding tert-OH is 1. The van der Waals surface area contributed by atoms with E-state index in [9.17, 15) is 13.9 Å². The normalized spacial score (nSPS) is 11.6. The van der Waals surface area contributed by atoms with Crippen molar-refractivity contribution in [1.82, 2.24) is 0 Å². The fourth-order valence-electron chi connectivity index (χ4n) is 4.13. The lowest BCUT2D eigenvalue weighted by Gasteiger charge is -2.20. The summed E-state index contributed by atoms with van der Waals surface area (Å²) in [5.74, 6) is 0.158. The topological polar surface area (TPSA) is 29.5 Å². The van der Waals surface area contributed by atoms with Gasteiger partial charge in [-0.3, -0.25) is 0 Å². The molecule has 33 heavy (non-hydrogen) atoms. The van der Waals surface area contributed by atoms with E-state index in [1.807, 2.05) is 19.1 Å². The molecular weight excluding hydrogens is 418 g/mol. The molecular formula is C29H34F2O2. The minimum atomic E-state index is -3.41. The first-order valence-electron chi connectivity index (χ1n) is 11.9. The molecule has 0 radical (unpaired) electrons. The molecule has 3 rings (SSSR count). The lowest BCUT2D eigenvalue weighted by atomic mass is 9.91. The van der Waals surface area contributed by atoms with Gasteiger partial charge >= 0.3 is 6.11 Å². The molecule has 3 aromatic rings. The molecule has 0 spiro atoms. The van der Waals surface area contributed by atoms with Crippen molar-refractivity contribution in [1.29, 1.82) is 0 Å². The van der Waals surface area contributed by atoms with Gasteiger partial charge in [-0.1, -0.05) is 63.6 Å². The van der Waals surface area contributed by atoms with E-state index >= 15 is 0 Å². The lowest BCUT2D eigenvalue weighted by Crippen LogP contribution is -2.22. The molecule has 176 valence electrons. The van der Waals surface area contributed by atoms with Crippen molar-refractivity contribution >= 4 is 0 Å². The Kier molecular flexibility index (Phi) is 8.62. The van der Waals surface area contributed by atoms with Gasteiger partial charge in [0.2, 0.25) is 0 Å². The highest BCUT2D eigenvalue weighted by Crippen LogP contribution is 2.36. The molecule has 0 heterocycles. The number of aryl methyl sites for hydroxylation is 3. The fourth-order valence-corrected chi connectivity index (χ4v) is 4.13. The van der Waals surface area contributed by atoms with E-state index in [-0.39, 0.29) is 17.9 Å². The Bertz CT molecular complexity index is 1040. The standard InChI is InChI=1S/C29H34F2O2/c1-4-7-8-21-9-12-25(13-10-21)29(30,31)33-26-14-16-28(24(6-3)20-26)27-15-11-22(17-18-32)19-23(27)5-2/h9-16,19-20,32H,4-8,17-18H2,1-3H3. The van der Waals surface area contributed by atoms with Gasteiger partial charge in [-0.05, 0) is 89.8 Å². The molecule has 0 fully saturated rings. The number of alkyl halides is 2. The SMILES string of the molecule is CCCCc1ccc(C(F)(F)Oc2ccc(-c3ccc(CCO)cc3CC)c(CC)c2)cc1. The summed E-state index contributed by atoms with van der Waals surface area (Å²) in [7, 11) is 0. The summed E-state index contributed by atoms with van der Waals surface area (Å²) < 4.78 is 34.9. The van der Waals surface area contributed by atoms with Crippen molar-refractivity contribution in [2.45, 2.75) is 65.4 Å². The maximum absolute atomic E-state index is 14.9. The summed E-state index contributed by atoms with van der Waals surface area (Å²) in [5.41, 5.74) is 6.28. The van der Waals surface area contributed by atoms with E-state index in [1.54, 1.807) is 24.3 Å². The van der Waals surface area contributed by atoms with Gasteiger partial charge in [-0.15, -0.1) is 0 Å². The number of rotatable bonds is 11. The van der Waals surface area contributed by atoms with Gasteiger partial charge in [0.1, 0.15) is 5.75 Å². The molecule has 0 bridgehead atoms. The Hall–Kier alpha value is -2.72. The fraction of sp³-hybridized carbons (Fsp3) is 0.379. The molecule has 3 aromatic carbocycles. The third kappa shape index (κ3) is 6.20. The largest absolute Gasteiger partial charge is 0.429 e. The maximum Gasteiger partial charge on any atom is 0.426 e. The summed E-state index contributed by atoms with van der Waals surface area (Å²) in [4.78, 5) is 0. The molecule has 0 aliphatic rings. The summed E-state index contributed by atoms with van der Waals surface area (Å²) in [6.45, 7) is 6.34. The van der Waals surface area contributed by atoms with Crippen LogP contribution in [-0.2, 0) is 31.8 Å². The first-order chi connectivity index (χ1) is 15.9. The van der Waals surface area contributed by atoms with Crippen LogP contribution in [0.5, 0.6) is 5.75 Å². The highest BCUT2D eigenvalue weighted by Gasteiger charge is 2.34. The molecule has 0 saturated heterocycles. The van der Waals surface area contributed by atoms with Gasteiger partial charge in [-0.25, -0.2) is 0 Å². The van der Waals surface area contributed by atoms with Crippen LogP contribution >= 0.6 is 0 Å². The number of ether oxygens (including phenoxy) is 1. The molecule has 4 heteroatoms. The zero-order valence-corrected chi connectivity index (χ0v) is 19.8. The number of benzene rings is 3. The average Bonchev–Trinajstić information content (AvgIpc) is 2.83. The predicted molar refractivity (Wildman–Crippen MR) is 131 cm³/mol. The first kappa shape index (κ1) is 24.9. The van der Waals surface area contributed by atoms with Crippen LogP contribution in [0.1, 0.15) is 61.4 Å². The second kappa shape index (κ2) is 11.4. The van der Waals surface area contributed by atoms with E-state index in [0.29, 0.717) is 12.8 Å². The van der Waals surface area contributed by atoms with Gasteiger partial charge in [0, 0.05) is 6.61 Å². The number of aliphatic hydroxyl groups is 1. The Balaban J connectivity index is 1.85. The Labute approximate surface area is 196 Å². The molecule has 0 amide bonds. The number of unbranched alkanes of at least 4 members (excludes halogenated alkanes) is 1. The van der Waals surface area contributed by atoms with E-state index in [4.69, 9.17) is 4.74 Å². The van der Waals surface area contributed by atoms with E-state index in [2.05, 4.69) is 26.0 Å². The van der Waals surface area contributed by atoms with E-state index in [1.165, 1.54) is 17.7 Å². The first-order valence-corrected chi connectivity index (χ1v) is 11.9. The highest BCUT2D eigenvalue weighted by molar-refractivity contribution is 5.72. The summed E-state index contributed by atoms with van der Waals surface area (Å²) in [6.07, 6.45) is 1.77. The third-order valence-electron chi connectivity index (χ3n) is 6.05. The van der Waals surface area contributed by atoms with E-state index in [0.717, 1.165) is 53.5 Å². The Morgan fingerprint density at radius 3 is 1.97 bits per heavy atom. The van der Waals surface area contributed by atoms with Crippen LogP contribution < -0.4 is 4.74 Å². The number of hydrogen-bond donors (Lipinski definition) is 1. The number of halogens is 2. The molecule has 0 aliphatic heterocycles. The highest BCUT2D eigenvalue weighted by atomic mass is 19.3. The van der Waals surface area contributed by atoms with Gasteiger partial charge in [0.05, 0.1) is 5.56 Å². The van der Waals surface area contributed by atoms with Crippen molar-refractivity contribution in [3.05, 3.63) is 88.5 Å². The minimum Gasteiger partial charge on any atom is -0.429 e. The Morgan fingerprint density at radius 1 is 0.758 bits per heavy atom. The minimum absolute atomic E-state index is 0.116. The average molecular weight is 453 g/mol. The van der Waals surface area contributed by atoms with Crippen molar-refractivity contribution in [2.24, 2.45) is 0 Å². The monoisotopic (exact) mass is 452 g/mol. The van der Waals surface area contributed by atoms with Crippen LogP contribution in [-0.4, -0.2) is 11.7 Å². The second-order valence-corrected chi connectivity index (χ2v) is 8.41. The predicted octanol–water partition coefficient (Wildman–Crippen LogP) is 7.48. The second-order valence-electron chi connectivity index (χ2n) is 8.41. The molecule has 2 nitrogen and oxygen atoms in total. The summed E-state index contributed by atoms with van der Waals surface area (Å²) >= 11 is 0. The smallest absolute Gasteiger partial charge is 0.426 e. The van der Waals surface area contributed by atoms with Crippen molar-refractivity contribution < 1.29 is 18.6 Å². The van der Waals surface area contributed by atoms with Gasteiger partial charge < -0.3 is 9.84 Å². The lowest BCUT2D eigenvalue weighted by molar-refractivity contribution is -0.185. The van der Waals surface area contributed by atoms with Crippen molar-refractivity contribution in [3.63, 3.8) is 0 Å². The molecule has 0 aliphatic carbocycles. The van der Waals surface area contributed by atoms with Crippen LogP contribution in [0.15, 0.2) is 60.7 Å². The third-order valence-corrected chi connectivity index (χ3v) is 6.05. The zero-order valence-electron chi connectivity index (χ0n) is 19.8. The van der Waals surface area contributed by atoms with Gasteiger partial charge in [0.25, 0.3) is 0 Å². The molecule has 0 atom stereocenters. The van der Waals surface area contributed by atoms with Crippen molar-refractivity contribution in [2.75, 3.05) is 6.61 Å². The molecule has 0 unspecified atom stereocenters. The quantitative estimate of drug-likeness (QED) is 0.327. The number of hydrogen-bond acceptors (Lipinski definition) is 2. The zero-order chi connectivity index (χ0) is 23.8. The van der Waals surface area contributed by atoms with Gasteiger partial charge in [0.15, 0.2) is 0 Å². The van der Waals surface area contributed by atoms with Crippen LogP contribution in [0.3, 0.4) is 0 Å². The van der Waals surface area contributed by atoms with Crippen molar-refractivity contribution in [3.8, 4) is 16.9 Å². The molecule has 0 aromatic heterocycles. The van der Waals surface area contributed by atoms with Crippen LogP contribution in [0.25, 0.3) is 11.1 Å². The van der Waals surface area contributed by atoms with Crippen LogP contribution in [0, 0.1) is 0 Å². The maximum atomic E-state index is 14.9.